The van der Waals surface area contributed by atoms with Crippen molar-refractivity contribution in [1.29, 1.82) is 5.26 Å². The quantitative estimate of drug-likeness (QED) is 0.224. The SMILES string of the molecule is COC(=O)c1ccc(COC[C@H](C#N)NC(=O)[C@H](Cc2cccc(C)c2)NC(=O)C(c2ccccc2)c2ccccc2)o1. The summed E-state index contributed by atoms with van der Waals surface area (Å²) in [4.78, 5) is 39.0. The third-order valence-electron chi connectivity index (χ3n) is 6.73. The smallest absolute Gasteiger partial charge is 0.373 e. The number of benzene rings is 3. The van der Waals surface area contributed by atoms with Gasteiger partial charge in [-0.05, 0) is 35.7 Å². The second kappa shape index (κ2) is 15.1. The summed E-state index contributed by atoms with van der Waals surface area (Å²) in [6, 6.07) is 29.5. The van der Waals surface area contributed by atoms with Crippen LogP contribution in [0.15, 0.2) is 101 Å². The molecule has 2 amide bonds. The Morgan fingerprint density at radius 2 is 1.53 bits per heavy atom. The number of carbonyl (C=O) groups is 3. The highest BCUT2D eigenvalue weighted by Crippen LogP contribution is 2.25. The molecule has 3 aromatic carbocycles. The van der Waals surface area contributed by atoms with Crippen molar-refractivity contribution in [3.63, 3.8) is 0 Å². The molecule has 0 aliphatic carbocycles. The van der Waals surface area contributed by atoms with Crippen molar-refractivity contribution in [2.24, 2.45) is 0 Å². The zero-order valence-electron chi connectivity index (χ0n) is 24.0. The van der Waals surface area contributed by atoms with Crippen LogP contribution in [0.2, 0.25) is 0 Å². The topological polar surface area (TPSA) is 131 Å². The van der Waals surface area contributed by atoms with E-state index in [4.69, 9.17) is 9.15 Å². The molecule has 0 saturated heterocycles. The Labute approximate surface area is 250 Å². The number of amides is 2. The van der Waals surface area contributed by atoms with Crippen LogP contribution in [-0.4, -0.2) is 43.6 Å². The number of carbonyl (C=O) groups excluding carboxylic acids is 3. The summed E-state index contributed by atoms with van der Waals surface area (Å²) in [6.07, 6.45) is 0.220. The summed E-state index contributed by atoms with van der Waals surface area (Å²) in [6.45, 7) is 1.79. The molecule has 0 aliphatic rings. The summed E-state index contributed by atoms with van der Waals surface area (Å²) in [5.41, 5.74) is 3.46. The maximum atomic E-state index is 13.8. The second-order valence-corrected chi connectivity index (χ2v) is 9.97. The molecule has 1 heterocycles. The lowest BCUT2D eigenvalue weighted by Gasteiger charge is -2.24. The van der Waals surface area contributed by atoms with Crippen LogP contribution in [0.5, 0.6) is 0 Å². The number of nitrogens with one attached hydrogen (secondary N) is 2. The number of hydrogen-bond acceptors (Lipinski definition) is 7. The van der Waals surface area contributed by atoms with Gasteiger partial charge in [0, 0.05) is 6.42 Å². The van der Waals surface area contributed by atoms with E-state index in [1.807, 2.05) is 97.9 Å². The third kappa shape index (κ3) is 8.64. The van der Waals surface area contributed by atoms with E-state index in [0.29, 0.717) is 5.76 Å². The number of nitriles is 1. The predicted molar refractivity (Wildman–Crippen MR) is 159 cm³/mol. The van der Waals surface area contributed by atoms with Gasteiger partial charge in [0.25, 0.3) is 0 Å². The van der Waals surface area contributed by atoms with E-state index in [1.54, 1.807) is 6.07 Å². The highest BCUT2D eigenvalue weighted by atomic mass is 16.5. The molecule has 220 valence electrons. The minimum absolute atomic E-state index is 0.0235. The van der Waals surface area contributed by atoms with Crippen LogP contribution in [0.25, 0.3) is 0 Å². The fraction of sp³-hybridized carbons (Fsp3) is 0.235. The van der Waals surface area contributed by atoms with Gasteiger partial charge in [0.05, 0.1) is 25.7 Å². The summed E-state index contributed by atoms with van der Waals surface area (Å²) in [7, 11) is 1.25. The van der Waals surface area contributed by atoms with Gasteiger partial charge in [0.1, 0.15) is 24.5 Å². The van der Waals surface area contributed by atoms with Gasteiger partial charge in [0.2, 0.25) is 17.6 Å². The Bertz CT molecular complexity index is 1520. The number of furan rings is 1. The number of rotatable bonds is 13. The van der Waals surface area contributed by atoms with E-state index in [9.17, 15) is 19.6 Å². The Morgan fingerprint density at radius 1 is 0.860 bits per heavy atom. The fourth-order valence-corrected chi connectivity index (χ4v) is 4.65. The maximum Gasteiger partial charge on any atom is 0.373 e. The number of ether oxygens (including phenoxy) is 2. The van der Waals surface area contributed by atoms with Gasteiger partial charge in [0.15, 0.2) is 0 Å². The maximum absolute atomic E-state index is 13.8. The molecule has 0 saturated carbocycles. The zero-order valence-corrected chi connectivity index (χ0v) is 24.0. The van der Waals surface area contributed by atoms with E-state index in [0.717, 1.165) is 22.3 Å². The van der Waals surface area contributed by atoms with Crippen molar-refractivity contribution in [3.8, 4) is 6.07 Å². The molecule has 0 fully saturated rings. The number of nitrogens with zero attached hydrogens (tertiary/aromatic N) is 1. The molecule has 2 N–H and O–H groups in total. The van der Waals surface area contributed by atoms with Gasteiger partial charge in [-0.3, -0.25) is 9.59 Å². The first kappa shape index (κ1) is 30.8. The van der Waals surface area contributed by atoms with E-state index in [2.05, 4.69) is 15.4 Å². The van der Waals surface area contributed by atoms with Crippen molar-refractivity contribution in [2.45, 2.75) is 38.0 Å². The van der Waals surface area contributed by atoms with Crippen LogP contribution in [-0.2, 0) is 32.1 Å². The van der Waals surface area contributed by atoms with Crippen molar-refractivity contribution < 1.29 is 28.3 Å². The molecule has 0 spiro atoms. The van der Waals surface area contributed by atoms with Gasteiger partial charge >= 0.3 is 5.97 Å². The van der Waals surface area contributed by atoms with E-state index in [1.165, 1.54) is 13.2 Å². The van der Waals surface area contributed by atoms with Crippen LogP contribution in [0.3, 0.4) is 0 Å². The molecule has 43 heavy (non-hydrogen) atoms. The molecule has 4 aromatic rings. The van der Waals surface area contributed by atoms with E-state index < -0.39 is 29.9 Å². The standard InChI is InChI=1S/C34H33N3O6/c1-23-10-9-11-24(18-23)19-29(37-33(39)31(25-12-5-3-6-13-25)26-14-7-4-8-15-26)32(38)36-27(20-35)21-42-22-28-16-17-30(43-28)34(40)41-2/h3-18,27,29,31H,19,21-22H2,1-2H3,(H,36,38)(H,37,39)/t27-,29-/m0/s1. The lowest BCUT2D eigenvalue weighted by Crippen LogP contribution is -2.52. The Hall–Kier alpha value is -5.20. The minimum Gasteiger partial charge on any atom is -0.463 e. The van der Waals surface area contributed by atoms with Crippen molar-refractivity contribution >= 4 is 17.8 Å². The van der Waals surface area contributed by atoms with Crippen LogP contribution >= 0.6 is 0 Å². The first-order chi connectivity index (χ1) is 20.9. The molecular formula is C34H33N3O6. The summed E-state index contributed by atoms with van der Waals surface area (Å²) < 4.78 is 15.6. The van der Waals surface area contributed by atoms with Gasteiger partial charge in [-0.25, -0.2) is 4.79 Å². The molecule has 2 atom stereocenters. The van der Waals surface area contributed by atoms with Crippen LogP contribution < -0.4 is 10.6 Å². The number of aryl methyl sites for hydroxylation is 1. The highest BCUT2D eigenvalue weighted by Gasteiger charge is 2.29. The largest absolute Gasteiger partial charge is 0.463 e. The summed E-state index contributed by atoms with van der Waals surface area (Å²) in [5.74, 6) is -1.72. The average molecular weight is 580 g/mol. The molecular weight excluding hydrogens is 546 g/mol. The zero-order chi connectivity index (χ0) is 30.6. The third-order valence-corrected chi connectivity index (χ3v) is 6.73. The number of hydrogen-bond donors (Lipinski definition) is 2. The molecule has 0 radical (unpaired) electrons. The van der Waals surface area contributed by atoms with Gasteiger partial charge in [-0.1, -0.05) is 90.5 Å². The average Bonchev–Trinajstić information content (AvgIpc) is 3.50. The van der Waals surface area contributed by atoms with Crippen LogP contribution in [0.4, 0.5) is 0 Å². The van der Waals surface area contributed by atoms with Crippen molar-refractivity contribution in [3.05, 3.63) is 131 Å². The summed E-state index contributed by atoms with van der Waals surface area (Å²) >= 11 is 0. The molecule has 9 nitrogen and oxygen atoms in total. The van der Waals surface area contributed by atoms with E-state index >= 15 is 0 Å². The Kier molecular flexibility index (Phi) is 10.8. The fourth-order valence-electron chi connectivity index (χ4n) is 4.65. The monoisotopic (exact) mass is 579 g/mol. The first-order valence-electron chi connectivity index (χ1n) is 13.8. The van der Waals surface area contributed by atoms with E-state index in [-0.39, 0.29) is 31.3 Å². The molecule has 9 heteroatoms. The number of esters is 1. The lowest BCUT2D eigenvalue weighted by molar-refractivity contribution is -0.129. The van der Waals surface area contributed by atoms with Crippen molar-refractivity contribution in [1.82, 2.24) is 10.6 Å². The molecule has 4 rings (SSSR count). The molecule has 0 unspecified atom stereocenters. The Balaban J connectivity index is 1.49. The molecule has 0 bridgehead atoms. The Morgan fingerprint density at radius 3 is 2.14 bits per heavy atom. The van der Waals surface area contributed by atoms with Gasteiger partial charge in [-0.2, -0.15) is 5.26 Å². The first-order valence-corrected chi connectivity index (χ1v) is 13.8. The van der Waals surface area contributed by atoms with Gasteiger partial charge in [-0.15, -0.1) is 0 Å². The normalized spacial score (nSPS) is 12.1. The second-order valence-electron chi connectivity index (χ2n) is 9.97. The van der Waals surface area contributed by atoms with Gasteiger partial charge < -0.3 is 24.5 Å². The minimum atomic E-state index is -1.00. The highest BCUT2D eigenvalue weighted by molar-refractivity contribution is 5.92. The van der Waals surface area contributed by atoms with Crippen molar-refractivity contribution in [2.75, 3.05) is 13.7 Å². The molecule has 0 aliphatic heterocycles. The molecule has 1 aromatic heterocycles. The van der Waals surface area contributed by atoms with Crippen LogP contribution in [0, 0.1) is 18.3 Å². The number of methoxy groups -OCH3 is 1. The van der Waals surface area contributed by atoms with Crippen LogP contribution in [0.1, 0.15) is 44.5 Å². The predicted octanol–water partition coefficient (Wildman–Crippen LogP) is 4.46. The lowest BCUT2D eigenvalue weighted by atomic mass is 9.90. The summed E-state index contributed by atoms with van der Waals surface area (Å²) in [5, 5.41) is 15.4.